The second kappa shape index (κ2) is 8.13. The standard InChI is InChI=1S/C19H30N2O2/c1-15(2)23-19-6-4-3-5-17(19)18-14-21(10-9-20-18)13-16-7-11-22-12-8-16/h3-6,15-16,18,20H,7-14H2,1-2H3/t18-/m1/s1. The Morgan fingerprint density at radius 2 is 2.04 bits per heavy atom. The lowest BCUT2D eigenvalue weighted by Gasteiger charge is -2.37. The Kier molecular flexibility index (Phi) is 5.92. The molecule has 0 bridgehead atoms. The van der Waals surface area contributed by atoms with Gasteiger partial charge in [-0.05, 0) is 38.7 Å². The smallest absolute Gasteiger partial charge is 0.124 e. The minimum Gasteiger partial charge on any atom is -0.491 e. The lowest BCUT2D eigenvalue weighted by Crippen LogP contribution is -2.47. The maximum Gasteiger partial charge on any atom is 0.124 e. The zero-order valence-electron chi connectivity index (χ0n) is 14.5. The number of rotatable bonds is 5. The van der Waals surface area contributed by atoms with Crippen molar-refractivity contribution in [2.45, 2.75) is 38.8 Å². The van der Waals surface area contributed by atoms with Gasteiger partial charge in [0.05, 0.1) is 6.10 Å². The molecule has 2 aliphatic heterocycles. The molecule has 3 rings (SSSR count). The molecule has 0 amide bonds. The lowest BCUT2D eigenvalue weighted by atomic mass is 9.97. The molecule has 0 aromatic heterocycles. The zero-order chi connectivity index (χ0) is 16.1. The first-order valence-electron chi connectivity index (χ1n) is 9.01. The molecule has 1 aromatic carbocycles. The van der Waals surface area contributed by atoms with Crippen molar-refractivity contribution >= 4 is 0 Å². The monoisotopic (exact) mass is 318 g/mol. The molecule has 2 saturated heterocycles. The molecule has 2 fully saturated rings. The fourth-order valence-electron chi connectivity index (χ4n) is 3.61. The summed E-state index contributed by atoms with van der Waals surface area (Å²) in [6.45, 7) is 10.5. The van der Waals surface area contributed by atoms with Crippen molar-refractivity contribution in [2.75, 3.05) is 39.4 Å². The molecule has 0 radical (unpaired) electrons. The largest absolute Gasteiger partial charge is 0.491 e. The van der Waals surface area contributed by atoms with Gasteiger partial charge < -0.3 is 14.8 Å². The van der Waals surface area contributed by atoms with Crippen LogP contribution in [-0.2, 0) is 4.74 Å². The van der Waals surface area contributed by atoms with Gasteiger partial charge in [0.2, 0.25) is 0 Å². The zero-order valence-corrected chi connectivity index (χ0v) is 14.5. The van der Waals surface area contributed by atoms with Crippen LogP contribution < -0.4 is 10.1 Å². The van der Waals surface area contributed by atoms with Crippen molar-refractivity contribution in [2.24, 2.45) is 5.92 Å². The summed E-state index contributed by atoms with van der Waals surface area (Å²) in [6, 6.07) is 8.83. The molecule has 2 aliphatic rings. The van der Waals surface area contributed by atoms with Gasteiger partial charge in [-0.15, -0.1) is 0 Å². The van der Waals surface area contributed by atoms with Gasteiger partial charge in [-0.1, -0.05) is 18.2 Å². The molecule has 0 spiro atoms. The predicted octanol–water partition coefficient (Wildman–Crippen LogP) is 2.85. The number of piperazine rings is 1. The van der Waals surface area contributed by atoms with Crippen LogP contribution >= 0.6 is 0 Å². The van der Waals surface area contributed by atoms with Crippen molar-refractivity contribution < 1.29 is 9.47 Å². The summed E-state index contributed by atoms with van der Waals surface area (Å²) in [5.74, 6) is 1.82. The van der Waals surface area contributed by atoms with E-state index in [1.165, 1.54) is 24.9 Å². The highest BCUT2D eigenvalue weighted by molar-refractivity contribution is 5.36. The van der Waals surface area contributed by atoms with Gasteiger partial charge in [0.25, 0.3) is 0 Å². The van der Waals surface area contributed by atoms with Crippen molar-refractivity contribution in [1.82, 2.24) is 10.2 Å². The van der Waals surface area contributed by atoms with Crippen LogP contribution in [0.4, 0.5) is 0 Å². The van der Waals surface area contributed by atoms with Crippen LogP contribution in [-0.4, -0.2) is 50.4 Å². The molecular formula is C19H30N2O2. The Bertz CT molecular complexity index is 486. The van der Waals surface area contributed by atoms with E-state index in [1.807, 2.05) is 0 Å². The number of hydrogen-bond acceptors (Lipinski definition) is 4. The second-order valence-corrected chi connectivity index (χ2v) is 7.03. The van der Waals surface area contributed by atoms with Gasteiger partial charge in [0, 0.05) is 51.0 Å². The summed E-state index contributed by atoms with van der Waals surface area (Å²) in [5.41, 5.74) is 1.29. The molecule has 1 atom stereocenters. The van der Waals surface area contributed by atoms with Crippen LogP contribution in [0.3, 0.4) is 0 Å². The first-order chi connectivity index (χ1) is 11.2. The number of benzene rings is 1. The van der Waals surface area contributed by atoms with Crippen molar-refractivity contribution in [3.63, 3.8) is 0 Å². The second-order valence-electron chi connectivity index (χ2n) is 7.03. The van der Waals surface area contributed by atoms with E-state index in [4.69, 9.17) is 9.47 Å². The van der Waals surface area contributed by atoms with Crippen LogP contribution in [0, 0.1) is 5.92 Å². The maximum atomic E-state index is 6.01. The molecule has 1 N–H and O–H groups in total. The van der Waals surface area contributed by atoms with Crippen molar-refractivity contribution in [3.05, 3.63) is 29.8 Å². The Morgan fingerprint density at radius 3 is 2.83 bits per heavy atom. The highest BCUT2D eigenvalue weighted by Crippen LogP contribution is 2.28. The van der Waals surface area contributed by atoms with Gasteiger partial charge >= 0.3 is 0 Å². The van der Waals surface area contributed by atoms with Crippen LogP contribution in [0.1, 0.15) is 38.3 Å². The number of ether oxygens (including phenoxy) is 2. The number of nitrogens with zero attached hydrogens (tertiary/aromatic N) is 1. The van der Waals surface area contributed by atoms with E-state index in [-0.39, 0.29) is 6.10 Å². The Labute approximate surface area is 140 Å². The SMILES string of the molecule is CC(C)Oc1ccccc1[C@H]1CN(CC2CCOCC2)CCN1. The van der Waals surface area contributed by atoms with Crippen molar-refractivity contribution in [1.29, 1.82) is 0 Å². The first kappa shape index (κ1) is 16.7. The van der Waals surface area contributed by atoms with Gasteiger partial charge in [0.15, 0.2) is 0 Å². The van der Waals surface area contributed by atoms with E-state index in [2.05, 4.69) is 48.3 Å². The van der Waals surface area contributed by atoms with Gasteiger partial charge in [-0.2, -0.15) is 0 Å². The van der Waals surface area contributed by atoms with Gasteiger partial charge in [-0.3, -0.25) is 4.90 Å². The predicted molar refractivity (Wildman–Crippen MR) is 92.9 cm³/mol. The highest BCUT2D eigenvalue weighted by Gasteiger charge is 2.25. The number of hydrogen-bond donors (Lipinski definition) is 1. The summed E-state index contributed by atoms with van der Waals surface area (Å²) in [5, 5.41) is 3.67. The lowest BCUT2D eigenvalue weighted by molar-refractivity contribution is 0.0478. The van der Waals surface area contributed by atoms with Crippen LogP contribution in [0.15, 0.2) is 24.3 Å². The molecule has 0 saturated carbocycles. The van der Waals surface area contributed by atoms with Crippen LogP contribution in [0.25, 0.3) is 0 Å². The number of nitrogens with one attached hydrogen (secondary N) is 1. The van der Waals surface area contributed by atoms with E-state index >= 15 is 0 Å². The molecule has 4 nitrogen and oxygen atoms in total. The Morgan fingerprint density at radius 1 is 1.26 bits per heavy atom. The van der Waals surface area contributed by atoms with Crippen LogP contribution in [0.5, 0.6) is 5.75 Å². The van der Waals surface area contributed by atoms with E-state index < -0.39 is 0 Å². The van der Waals surface area contributed by atoms with E-state index in [0.717, 1.165) is 44.5 Å². The third-order valence-corrected chi connectivity index (χ3v) is 4.77. The number of para-hydroxylation sites is 1. The molecular weight excluding hydrogens is 288 g/mol. The fourth-order valence-corrected chi connectivity index (χ4v) is 3.61. The average molecular weight is 318 g/mol. The first-order valence-corrected chi connectivity index (χ1v) is 9.01. The summed E-state index contributed by atoms with van der Waals surface area (Å²) in [4.78, 5) is 2.61. The minimum atomic E-state index is 0.207. The van der Waals surface area contributed by atoms with Crippen LogP contribution in [0.2, 0.25) is 0 Å². The summed E-state index contributed by atoms with van der Waals surface area (Å²) >= 11 is 0. The molecule has 0 unspecified atom stereocenters. The van der Waals surface area contributed by atoms with Crippen molar-refractivity contribution in [3.8, 4) is 5.75 Å². The molecule has 23 heavy (non-hydrogen) atoms. The average Bonchev–Trinajstić information content (AvgIpc) is 2.56. The molecule has 2 heterocycles. The highest BCUT2D eigenvalue weighted by atomic mass is 16.5. The van der Waals surface area contributed by atoms with E-state index in [1.54, 1.807) is 0 Å². The van der Waals surface area contributed by atoms with E-state index in [9.17, 15) is 0 Å². The third-order valence-electron chi connectivity index (χ3n) is 4.77. The Hall–Kier alpha value is -1.10. The van der Waals surface area contributed by atoms with Gasteiger partial charge in [0.1, 0.15) is 5.75 Å². The summed E-state index contributed by atoms with van der Waals surface area (Å²) < 4.78 is 11.5. The topological polar surface area (TPSA) is 33.7 Å². The fraction of sp³-hybridized carbons (Fsp3) is 0.684. The quantitative estimate of drug-likeness (QED) is 0.905. The Balaban J connectivity index is 1.64. The van der Waals surface area contributed by atoms with E-state index in [0.29, 0.717) is 6.04 Å². The summed E-state index contributed by atoms with van der Waals surface area (Å²) in [7, 11) is 0. The third kappa shape index (κ3) is 4.69. The molecule has 0 aliphatic carbocycles. The van der Waals surface area contributed by atoms with Gasteiger partial charge in [-0.25, -0.2) is 0 Å². The minimum absolute atomic E-state index is 0.207. The normalized spacial score (nSPS) is 24.0. The molecule has 128 valence electrons. The summed E-state index contributed by atoms with van der Waals surface area (Å²) in [6.07, 6.45) is 2.63. The molecule has 1 aromatic rings. The molecule has 4 heteroatoms. The maximum absolute atomic E-state index is 6.01.